The van der Waals surface area contributed by atoms with Crippen molar-refractivity contribution in [3.8, 4) is 0 Å². The van der Waals surface area contributed by atoms with Crippen LogP contribution in [0.5, 0.6) is 0 Å². The van der Waals surface area contributed by atoms with E-state index in [1.807, 2.05) is 56.3 Å². The lowest BCUT2D eigenvalue weighted by atomic mass is 9.85. The molecule has 4 aromatic rings. The first-order valence-electron chi connectivity index (χ1n) is 12.6. The molecule has 0 fully saturated rings. The zero-order valence-electron chi connectivity index (χ0n) is 22.3. The molecule has 1 amide bonds. The van der Waals surface area contributed by atoms with E-state index in [-0.39, 0.29) is 11.5 Å². The van der Waals surface area contributed by atoms with Crippen molar-refractivity contribution >= 4 is 34.0 Å². The Hall–Kier alpha value is -3.98. The summed E-state index contributed by atoms with van der Waals surface area (Å²) in [5.74, 6) is -3.96. The fourth-order valence-corrected chi connectivity index (χ4v) is 5.36. The Kier molecular flexibility index (Phi) is 6.37. The van der Waals surface area contributed by atoms with Crippen LogP contribution >= 0.6 is 0 Å². The predicted molar refractivity (Wildman–Crippen MR) is 145 cm³/mol. The molecule has 5 rings (SSSR count). The van der Waals surface area contributed by atoms with Gasteiger partial charge in [-0.1, -0.05) is 30.3 Å². The van der Waals surface area contributed by atoms with Crippen molar-refractivity contribution in [1.82, 2.24) is 9.97 Å². The van der Waals surface area contributed by atoms with E-state index in [1.54, 1.807) is 30.7 Å². The lowest BCUT2D eigenvalue weighted by Crippen LogP contribution is -2.33. The number of carbonyl (C=O) groups is 1. The molecule has 1 aromatic heterocycles. The number of aliphatic hydroxyl groups is 1. The number of likely N-dealkylation sites (N-methyl/N-ethyl adjacent to an activating group) is 1. The van der Waals surface area contributed by atoms with Gasteiger partial charge in [-0.05, 0) is 63.6 Å². The molecule has 1 aliphatic rings. The molecule has 0 saturated carbocycles. The highest BCUT2D eigenvalue weighted by Crippen LogP contribution is 2.46. The van der Waals surface area contributed by atoms with Crippen LogP contribution in [0.25, 0.3) is 10.9 Å². The van der Waals surface area contributed by atoms with Gasteiger partial charge in [0.1, 0.15) is 24.1 Å². The number of benzene rings is 3. The number of aromatic nitrogens is 2. The van der Waals surface area contributed by atoms with Gasteiger partial charge >= 0.3 is 0 Å². The van der Waals surface area contributed by atoms with Gasteiger partial charge in [-0.25, -0.2) is 14.4 Å². The van der Waals surface area contributed by atoms with Crippen LogP contribution in [0.3, 0.4) is 0 Å². The molecular formula is C30H29F3N4O2. The largest absolute Gasteiger partial charge is 0.390 e. The van der Waals surface area contributed by atoms with Gasteiger partial charge in [-0.2, -0.15) is 8.78 Å². The van der Waals surface area contributed by atoms with Gasteiger partial charge in [0.15, 0.2) is 0 Å². The van der Waals surface area contributed by atoms with Crippen LogP contribution in [-0.2, 0) is 16.1 Å². The number of para-hydroxylation sites is 1. The van der Waals surface area contributed by atoms with Crippen LogP contribution in [0.4, 0.5) is 30.4 Å². The number of nitrogens with zero attached hydrogens (tertiary/aromatic N) is 4. The van der Waals surface area contributed by atoms with Gasteiger partial charge < -0.3 is 14.9 Å². The summed E-state index contributed by atoms with van der Waals surface area (Å²) < 4.78 is 44.5. The molecule has 2 heterocycles. The molecule has 3 aromatic carbocycles. The average molecular weight is 535 g/mol. The molecule has 0 radical (unpaired) electrons. The predicted octanol–water partition coefficient (Wildman–Crippen LogP) is 6.31. The molecule has 1 aliphatic heterocycles. The third-order valence-corrected chi connectivity index (χ3v) is 7.50. The topological polar surface area (TPSA) is 69.6 Å². The molecule has 0 spiro atoms. The second-order valence-corrected chi connectivity index (χ2v) is 10.4. The lowest BCUT2D eigenvalue weighted by Gasteiger charge is -2.33. The van der Waals surface area contributed by atoms with Crippen molar-refractivity contribution in [1.29, 1.82) is 0 Å². The highest BCUT2D eigenvalue weighted by atomic mass is 19.3. The zero-order valence-corrected chi connectivity index (χ0v) is 22.3. The minimum absolute atomic E-state index is 0.0188. The number of hydrogen-bond donors (Lipinski definition) is 1. The number of fused-ring (bicyclic) bond motifs is 2. The third kappa shape index (κ3) is 4.21. The molecule has 6 nitrogen and oxygen atoms in total. The quantitative estimate of drug-likeness (QED) is 0.314. The number of rotatable bonds is 6. The number of alkyl halides is 2. The average Bonchev–Trinajstić information content (AvgIpc) is 3.07. The maximum absolute atomic E-state index is 15.7. The minimum atomic E-state index is -3.74. The first kappa shape index (κ1) is 26.6. The Morgan fingerprint density at radius 1 is 1.08 bits per heavy atom. The van der Waals surface area contributed by atoms with E-state index in [0.717, 1.165) is 17.3 Å². The molecule has 0 aliphatic carbocycles. The second-order valence-electron chi connectivity index (χ2n) is 10.4. The zero-order chi connectivity index (χ0) is 28.3. The molecule has 9 heteroatoms. The standard InChI is InChI=1S/C30H29F3N4O2/c1-17(20-12-9-13-22(26(20)31)30(32,33)16-38)37(19-10-7-6-8-11-19)27-21-14-23-25(15-24(21)34-18(2)35-27)36(5)28(39)29(23,3)4/h6-15,17,38H,16H2,1-5H3/t17-/m1/s1. The number of aliphatic hydroxyl groups excluding tert-OH is 1. The van der Waals surface area contributed by atoms with Crippen LogP contribution in [0.2, 0.25) is 0 Å². The smallest absolute Gasteiger partial charge is 0.298 e. The second kappa shape index (κ2) is 9.34. The number of anilines is 3. The monoisotopic (exact) mass is 534 g/mol. The molecule has 39 heavy (non-hydrogen) atoms. The summed E-state index contributed by atoms with van der Waals surface area (Å²) in [5, 5.41) is 9.84. The van der Waals surface area contributed by atoms with Gasteiger partial charge in [0.05, 0.1) is 22.5 Å². The first-order chi connectivity index (χ1) is 18.4. The summed E-state index contributed by atoms with van der Waals surface area (Å²) in [6.45, 7) is 5.67. The van der Waals surface area contributed by atoms with E-state index in [2.05, 4.69) is 4.98 Å². The van der Waals surface area contributed by atoms with Crippen LogP contribution in [-0.4, -0.2) is 34.6 Å². The Labute approximate surface area is 224 Å². The molecule has 1 N–H and O–H groups in total. The highest BCUT2D eigenvalue weighted by molar-refractivity contribution is 6.10. The van der Waals surface area contributed by atoms with Gasteiger partial charge in [-0.15, -0.1) is 0 Å². The van der Waals surface area contributed by atoms with Gasteiger partial charge in [0, 0.05) is 29.4 Å². The van der Waals surface area contributed by atoms with E-state index >= 15 is 4.39 Å². The molecule has 0 unspecified atom stereocenters. The number of amides is 1. The number of hydrogen-bond acceptors (Lipinski definition) is 5. The van der Waals surface area contributed by atoms with Crippen molar-refractivity contribution in [3.05, 3.63) is 89.0 Å². The number of halogens is 3. The Morgan fingerprint density at radius 2 is 1.77 bits per heavy atom. The van der Waals surface area contributed by atoms with E-state index in [1.165, 1.54) is 12.1 Å². The number of aryl methyl sites for hydroxylation is 1. The maximum atomic E-state index is 15.7. The molecular weight excluding hydrogens is 505 g/mol. The van der Waals surface area contributed by atoms with Crippen LogP contribution in [0.15, 0.2) is 60.7 Å². The summed E-state index contributed by atoms with van der Waals surface area (Å²) in [6.07, 6.45) is 0. The third-order valence-electron chi connectivity index (χ3n) is 7.50. The first-order valence-corrected chi connectivity index (χ1v) is 12.6. The summed E-state index contributed by atoms with van der Waals surface area (Å²) in [7, 11) is 1.73. The van der Waals surface area contributed by atoms with Crippen molar-refractivity contribution < 1.29 is 23.1 Å². The maximum Gasteiger partial charge on any atom is 0.298 e. The van der Waals surface area contributed by atoms with Crippen LogP contribution in [0, 0.1) is 12.7 Å². The Morgan fingerprint density at radius 3 is 2.44 bits per heavy atom. The van der Waals surface area contributed by atoms with E-state index < -0.39 is 35.4 Å². The fraction of sp³-hybridized carbons (Fsp3) is 0.300. The molecule has 202 valence electrons. The van der Waals surface area contributed by atoms with Crippen molar-refractivity contribution in [2.75, 3.05) is 23.5 Å². The van der Waals surface area contributed by atoms with Gasteiger partial charge in [-0.3, -0.25) is 4.79 Å². The Balaban J connectivity index is 1.78. The molecule has 0 bridgehead atoms. The van der Waals surface area contributed by atoms with Crippen LogP contribution < -0.4 is 9.80 Å². The highest BCUT2D eigenvalue weighted by Gasteiger charge is 2.43. The fourth-order valence-electron chi connectivity index (χ4n) is 5.36. The lowest BCUT2D eigenvalue weighted by molar-refractivity contribution is -0.121. The van der Waals surface area contributed by atoms with Crippen molar-refractivity contribution in [3.63, 3.8) is 0 Å². The van der Waals surface area contributed by atoms with Gasteiger partial charge in [0.2, 0.25) is 5.91 Å². The van der Waals surface area contributed by atoms with Gasteiger partial charge in [0.25, 0.3) is 5.92 Å². The SMILES string of the molecule is Cc1nc(N(c2ccccc2)[C@H](C)c2cccc(C(F)(F)CO)c2F)c2cc3c(cc2n1)N(C)C(=O)C3(C)C. The summed E-state index contributed by atoms with van der Waals surface area (Å²) in [5.41, 5.74) is 1.20. The summed E-state index contributed by atoms with van der Waals surface area (Å²) >= 11 is 0. The molecule has 0 saturated heterocycles. The summed E-state index contributed by atoms with van der Waals surface area (Å²) in [6, 6.07) is 15.9. The normalized spacial score (nSPS) is 15.5. The number of carbonyl (C=O) groups excluding carboxylic acids is 1. The Bertz CT molecular complexity index is 1590. The van der Waals surface area contributed by atoms with E-state index in [0.29, 0.717) is 28.2 Å². The molecule has 1 atom stereocenters. The van der Waals surface area contributed by atoms with E-state index in [4.69, 9.17) is 4.98 Å². The minimum Gasteiger partial charge on any atom is -0.390 e. The van der Waals surface area contributed by atoms with E-state index in [9.17, 15) is 18.7 Å². The van der Waals surface area contributed by atoms with Crippen LogP contribution in [0.1, 0.15) is 49.3 Å². The summed E-state index contributed by atoms with van der Waals surface area (Å²) in [4.78, 5) is 25.8. The van der Waals surface area contributed by atoms with Crippen molar-refractivity contribution in [2.24, 2.45) is 0 Å². The van der Waals surface area contributed by atoms with Crippen molar-refractivity contribution in [2.45, 2.75) is 45.1 Å².